The van der Waals surface area contributed by atoms with E-state index >= 15 is 0 Å². The summed E-state index contributed by atoms with van der Waals surface area (Å²) in [7, 11) is 1.19. The fourth-order valence-corrected chi connectivity index (χ4v) is 2.88. The van der Waals surface area contributed by atoms with Gasteiger partial charge in [-0.25, -0.2) is 4.79 Å². The van der Waals surface area contributed by atoms with Crippen LogP contribution in [-0.4, -0.2) is 28.6 Å². The van der Waals surface area contributed by atoms with Crippen LogP contribution in [0.5, 0.6) is 0 Å². The van der Waals surface area contributed by atoms with Crippen LogP contribution in [0.4, 0.5) is 0 Å². The molecular formula is C17H13ClN2O5. The second kappa shape index (κ2) is 6.52. The van der Waals surface area contributed by atoms with Crippen molar-refractivity contribution in [3.8, 4) is 0 Å². The number of carbonyl (C=O) groups excluding carboxylic acids is 1. The number of allylic oxidation sites excluding steroid dienone is 2. The molecule has 25 heavy (non-hydrogen) atoms. The van der Waals surface area contributed by atoms with E-state index in [0.29, 0.717) is 16.2 Å². The van der Waals surface area contributed by atoms with Crippen LogP contribution in [0.15, 0.2) is 47.4 Å². The van der Waals surface area contributed by atoms with Crippen molar-refractivity contribution >= 4 is 34.2 Å². The minimum atomic E-state index is -0.788. The van der Waals surface area contributed by atoms with Gasteiger partial charge in [-0.1, -0.05) is 17.7 Å². The quantitative estimate of drug-likeness (QED) is 0.477. The van der Waals surface area contributed by atoms with Gasteiger partial charge in [0.05, 0.1) is 12.6 Å². The van der Waals surface area contributed by atoms with Crippen LogP contribution >= 0.6 is 11.6 Å². The normalized spacial score (nSPS) is 16.6. The van der Waals surface area contributed by atoms with Gasteiger partial charge in [-0.05, 0) is 30.4 Å². The zero-order valence-corrected chi connectivity index (χ0v) is 13.9. The SMILES string of the molecule is COC(=O)c1cn(C2=CCC([N+](=O)[O-])C=C2)c2ccc(Cl)cc2c1=O. The molecule has 0 aliphatic heterocycles. The van der Waals surface area contributed by atoms with E-state index in [2.05, 4.69) is 4.74 Å². The molecule has 128 valence electrons. The lowest BCUT2D eigenvalue weighted by Gasteiger charge is -2.17. The molecule has 1 aliphatic rings. The first-order chi connectivity index (χ1) is 11.9. The highest BCUT2D eigenvalue weighted by molar-refractivity contribution is 6.31. The van der Waals surface area contributed by atoms with Crippen LogP contribution in [0.25, 0.3) is 16.6 Å². The number of pyridine rings is 1. The van der Waals surface area contributed by atoms with E-state index in [4.69, 9.17) is 11.6 Å². The molecule has 0 N–H and O–H groups in total. The molecule has 1 heterocycles. The Morgan fingerprint density at radius 2 is 2.20 bits per heavy atom. The van der Waals surface area contributed by atoms with E-state index in [1.165, 1.54) is 25.4 Å². The van der Waals surface area contributed by atoms with Crippen molar-refractivity contribution in [2.24, 2.45) is 0 Å². The lowest BCUT2D eigenvalue weighted by Crippen LogP contribution is -2.21. The number of esters is 1. The maximum atomic E-state index is 12.6. The van der Waals surface area contributed by atoms with Gasteiger partial charge in [-0.2, -0.15) is 0 Å². The molecule has 1 unspecified atom stereocenters. The summed E-state index contributed by atoms with van der Waals surface area (Å²) in [6.45, 7) is 0. The van der Waals surface area contributed by atoms with E-state index in [1.807, 2.05) is 0 Å². The average Bonchev–Trinajstić information content (AvgIpc) is 2.62. The number of halogens is 1. The lowest BCUT2D eigenvalue weighted by molar-refractivity contribution is -0.508. The van der Waals surface area contributed by atoms with Gasteiger partial charge in [0.15, 0.2) is 0 Å². The van der Waals surface area contributed by atoms with Gasteiger partial charge in [0.2, 0.25) is 11.5 Å². The summed E-state index contributed by atoms with van der Waals surface area (Å²) in [4.78, 5) is 35.0. The van der Waals surface area contributed by atoms with E-state index in [9.17, 15) is 19.7 Å². The predicted octanol–water partition coefficient (Wildman–Crippen LogP) is 2.89. The third kappa shape index (κ3) is 3.06. The highest BCUT2D eigenvalue weighted by atomic mass is 35.5. The third-order valence-corrected chi connectivity index (χ3v) is 4.21. The van der Waals surface area contributed by atoms with Crippen LogP contribution in [0.2, 0.25) is 5.02 Å². The van der Waals surface area contributed by atoms with Crippen LogP contribution in [0.3, 0.4) is 0 Å². The van der Waals surface area contributed by atoms with E-state index < -0.39 is 17.4 Å². The molecular weight excluding hydrogens is 348 g/mol. The summed E-state index contributed by atoms with van der Waals surface area (Å²) in [5, 5.41) is 11.5. The highest BCUT2D eigenvalue weighted by Gasteiger charge is 2.21. The number of fused-ring (bicyclic) bond motifs is 1. The molecule has 0 saturated heterocycles. The predicted molar refractivity (Wildman–Crippen MR) is 93.4 cm³/mol. The Bertz CT molecular complexity index is 1010. The maximum absolute atomic E-state index is 12.6. The van der Waals surface area contributed by atoms with Gasteiger partial charge in [-0.15, -0.1) is 0 Å². The first-order valence-electron chi connectivity index (χ1n) is 7.38. The van der Waals surface area contributed by atoms with Crippen LogP contribution in [-0.2, 0) is 4.74 Å². The van der Waals surface area contributed by atoms with E-state index in [-0.39, 0.29) is 22.3 Å². The fraction of sp³-hybridized carbons (Fsp3) is 0.176. The van der Waals surface area contributed by atoms with Crippen molar-refractivity contribution in [3.05, 3.63) is 73.5 Å². The zero-order chi connectivity index (χ0) is 18.1. The van der Waals surface area contributed by atoms with Crippen molar-refractivity contribution in [3.63, 3.8) is 0 Å². The minimum Gasteiger partial charge on any atom is -0.465 e. The summed E-state index contributed by atoms with van der Waals surface area (Å²) in [6, 6.07) is 3.98. The molecule has 2 aromatic rings. The summed E-state index contributed by atoms with van der Waals surface area (Å²) >= 11 is 5.98. The van der Waals surface area contributed by atoms with Crippen molar-refractivity contribution < 1.29 is 14.5 Å². The monoisotopic (exact) mass is 360 g/mol. The van der Waals surface area contributed by atoms with Gasteiger partial charge >= 0.3 is 5.97 Å². The molecule has 3 rings (SSSR count). The number of benzene rings is 1. The van der Waals surface area contributed by atoms with Crippen LogP contribution in [0, 0.1) is 10.1 Å². The number of hydrogen-bond acceptors (Lipinski definition) is 5. The molecule has 0 amide bonds. The Kier molecular flexibility index (Phi) is 4.41. The number of aromatic nitrogens is 1. The summed E-state index contributed by atoms with van der Waals surface area (Å²) in [5.41, 5.74) is 0.542. The number of nitro groups is 1. The average molecular weight is 361 g/mol. The van der Waals surface area contributed by atoms with Crippen LogP contribution in [0.1, 0.15) is 16.8 Å². The third-order valence-electron chi connectivity index (χ3n) is 3.98. The van der Waals surface area contributed by atoms with E-state index in [1.54, 1.807) is 28.9 Å². The molecule has 0 saturated carbocycles. The molecule has 0 fully saturated rings. The van der Waals surface area contributed by atoms with Crippen molar-refractivity contribution in [2.75, 3.05) is 7.11 Å². The number of ether oxygens (including phenoxy) is 1. The molecule has 1 atom stereocenters. The molecule has 1 aliphatic carbocycles. The number of rotatable bonds is 3. The zero-order valence-electron chi connectivity index (χ0n) is 13.1. The fourth-order valence-electron chi connectivity index (χ4n) is 2.70. The van der Waals surface area contributed by atoms with E-state index in [0.717, 1.165) is 0 Å². The lowest BCUT2D eigenvalue weighted by atomic mass is 10.1. The molecule has 0 bridgehead atoms. The van der Waals surface area contributed by atoms with Crippen molar-refractivity contribution in [2.45, 2.75) is 12.5 Å². The maximum Gasteiger partial charge on any atom is 0.343 e. The van der Waals surface area contributed by atoms with Gasteiger partial charge in [0.1, 0.15) is 5.56 Å². The summed E-state index contributed by atoms with van der Waals surface area (Å²) in [6.07, 6.45) is 6.36. The minimum absolute atomic E-state index is 0.136. The van der Waals surface area contributed by atoms with Crippen LogP contribution < -0.4 is 5.43 Å². The number of carbonyl (C=O) groups is 1. The summed E-state index contributed by atoms with van der Waals surface area (Å²) < 4.78 is 6.31. The second-order valence-corrected chi connectivity index (χ2v) is 5.91. The standard InChI is InChI=1S/C17H13ClN2O5/c1-25-17(22)14-9-19(11-3-5-12(6-4-11)20(23)24)15-7-2-10(18)8-13(15)16(14)21/h2-5,7-9,12H,6H2,1H3. The van der Waals surface area contributed by atoms with Crippen molar-refractivity contribution in [1.29, 1.82) is 0 Å². The number of hydrogen-bond donors (Lipinski definition) is 0. The number of methoxy groups -OCH3 is 1. The van der Waals surface area contributed by atoms with Gasteiger partial charge in [-0.3, -0.25) is 14.9 Å². The molecule has 1 aromatic heterocycles. The Morgan fingerprint density at radius 1 is 1.44 bits per heavy atom. The highest BCUT2D eigenvalue weighted by Crippen LogP contribution is 2.24. The Balaban J connectivity index is 2.23. The first kappa shape index (κ1) is 16.9. The molecule has 0 radical (unpaired) electrons. The topological polar surface area (TPSA) is 91.4 Å². The Morgan fingerprint density at radius 3 is 2.80 bits per heavy atom. The smallest absolute Gasteiger partial charge is 0.343 e. The van der Waals surface area contributed by atoms with Gasteiger partial charge in [0, 0.05) is 33.6 Å². The van der Waals surface area contributed by atoms with Gasteiger partial charge < -0.3 is 9.30 Å². The largest absolute Gasteiger partial charge is 0.465 e. The second-order valence-electron chi connectivity index (χ2n) is 5.47. The molecule has 8 heteroatoms. The molecule has 7 nitrogen and oxygen atoms in total. The van der Waals surface area contributed by atoms with Crippen molar-refractivity contribution in [1.82, 2.24) is 4.57 Å². The first-order valence-corrected chi connectivity index (χ1v) is 7.75. The van der Waals surface area contributed by atoms with Gasteiger partial charge in [0.25, 0.3) is 0 Å². The molecule has 1 aromatic carbocycles. The Labute approximate surface area is 146 Å². The Hall–Kier alpha value is -2.93. The summed E-state index contributed by atoms with van der Waals surface area (Å²) in [5.74, 6) is -0.760. The number of nitrogens with zero attached hydrogens (tertiary/aromatic N) is 2. The molecule has 0 spiro atoms.